The lowest BCUT2D eigenvalue weighted by molar-refractivity contribution is -0.109. The number of aromatic nitrogens is 2. The molecule has 1 amide bonds. The van der Waals surface area contributed by atoms with E-state index in [1.165, 1.54) is 6.33 Å². The first-order valence-corrected chi connectivity index (χ1v) is 6.80. The van der Waals surface area contributed by atoms with E-state index in [4.69, 9.17) is 14.3 Å². The molecule has 0 fully saturated rings. The molecule has 8 heteroatoms. The smallest absolute Gasteiger partial charge is 0.221 e. The number of rotatable bonds is 6. The SMILES string of the molecule is CNc1cccc(OC)c1COc1cncnc1C.NNC=O. The van der Waals surface area contributed by atoms with Gasteiger partial charge in [0.2, 0.25) is 6.41 Å². The van der Waals surface area contributed by atoms with Crippen LogP contribution in [0.3, 0.4) is 0 Å². The first-order chi connectivity index (χ1) is 11.2. The summed E-state index contributed by atoms with van der Waals surface area (Å²) in [5.74, 6) is 5.88. The fraction of sp³-hybridized carbons (Fsp3) is 0.267. The van der Waals surface area contributed by atoms with Crippen molar-refractivity contribution in [2.45, 2.75) is 13.5 Å². The molecule has 0 aliphatic rings. The maximum Gasteiger partial charge on any atom is 0.221 e. The molecule has 0 bridgehead atoms. The molecule has 0 unspecified atom stereocenters. The van der Waals surface area contributed by atoms with Gasteiger partial charge in [0, 0.05) is 12.7 Å². The van der Waals surface area contributed by atoms with Gasteiger partial charge in [0.1, 0.15) is 18.7 Å². The molecule has 0 radical (unpaired) electrons. The number of hydrogen-bond donors (Lipinski definition) is 3. The summed E-state index contributed by atoms with van der Waals surface area (Å²) >= 11 is 0. The summed E-state index contributed by atoms with van der Waals surface area (Å²) in [6.45, 7) is 2.28. The van der Waals surface area contributed by atoms with Crippen LogP contribution in [0, 0.1) is 6.92 Å². The number of methoxy groups -OCH3 is 1. The zero-order valence-electron chi connectivity index (χ0n) is 13.4. The zero-order valence-corrected chi connectivity index (χ0v) is 13.4. The second kappa shape index (κ2) is 9.96. The molecule has 0 atom stereocenters. The van der Waals surface area contributed by atoms with Crippen molar-refractivity contribution in [3.8, 4) is 11.5 Å². The number of nitrogens with zero attached hydrogens (tertiary/aromatic N) is 2. The third kappa shape index (κ3) is 5.44. The van der Waals surface area contributed by atoms with Gasteiger partial charge in [0.15, 0.2) is 5.75 Å². The minimum atomic E-state index is 0.397. The predicted molar refractivity (Wildman–Crippen MR) is 87.0 cm³/mol. The summed E-state index contributed by atoms with van der Waals surface area (Å²) in [6, 6.07) is 5.83. The van der Waals surface area contributed by atoms with Crippen molar-refractivity contribution in [2.24, 2.45) is 5.84 Å². The third-order valence-corrected chi connectivity index (χ3v) is 2.93. The second-order valence-electron chi connectivity index (χ2n) is 4.28. The molecule has 0 saturated carbocycles. The molecule has 0 aliphatic heterocycles. The van der Waals surface area contributed by atoms with Crippen molar-refractivity contribution < 1.29 is 14.3 Å². The predicted octanol–water partition coefficient (Wildman–Crippen LogP) is 1.02. The number of hydrazine groups is 1. The van der Waals surface area contributed by atoms with E-state index in [0.717, 1.165) is 22.7 Å². The quantitative estimate of drug-likeness (QED) is 0.315. The van der Waals surface area contributed by atoms with E-state index in [9.17, 15) is 0 Å². The molecule has 0 saturated heterocycles. The van der Waals surface area contributed by atoms with Crippen LogP contribution in [-0.2, 0) is 11.4 Å². The van der Waals surface area contributed by atoms with Crippen LogP contribution in [0.15, 0.2) is 30.7 Å². The monoisotopic (exact) mass is 319 g/mol. The number of hydrogen-bond acceptors (Lipinski definition) is 7. The minimum absolute atomic E-state index is 0.397. The summed E-state index contributed by atoms with van der Waals surface area (Å²) in [5, 5.41) is 3.13. The largest absolute Gasteiger partial charge is 0.496 e. The molecule has 2 aromatic rings. The third-order valence-electron chi connectivity index (χ3n) is 2.93. The Labute approximate surface area is 135 Å². The van der Waals surface area contributed by atoms with Crippen molar-refractivity contribution in [3.05, 3.63) is 42.0 Å². The molecule has 1 aromatic carbocycles. The lowest BCUT2D eigenvalue weighted by Gasteiger charge is -2.14. The Hall–Kier alpha value is -2.87. The van der Waals surface area contributed by atoms with Crippen LogP contribution < -0.4 is 26.1 Å². The van der Waals surface area contributed by atoms with Crippen LogP contribution in [0.2, 0.25) is 0 Å². The van der Waals surface area contributed by atoms with E-state index in [1.807, 2.05) is 32.2 Å². The van der Waals surface area contributed by atoms with Gasteiger partial charge < -0.3 is 14.8 Å². The van der Waals surface area contributed by atoms with Gasteiger partial charge in [-0.05, 0) is 19.1 Å². The van der Waals surface area contributed by atoms with Gasteiger partial charge in [0.05, 0.1) is 24.6 Å². The Morgan fingerprint density at radius 3 is 2.65 bits per heavy atom. The second-order valence-corrected chi connectivity index (χ2v) is 4.28. The highest BCUT2D eigenvalue weighted by Crippen LogP contribution is 2.27. The highest BCUT2D eigenvalue weighted by molar-refractivity contribution is 5.57. The lowest BCUT2D eigenvalue weighted by atomic mass is 10.1. The standard InChI is InChI=1S/C14H17N3O2.CH4N2O/c1-10-14(7-16-9-17-10)19-8-11-12(15-2)5-4-6-13(11)18-3;2-3-1-4/h4-7,9,15H,8H2,1-3H3;1H,2H2,(H,3,4). The van der Waals surface area contributed by atoms with Gasteiger partial charge in [-0.15, -0.1) is 0 Å². The summed E-state index contributed by atoms with van der Waals surface area (Å²) in [5.41, 5.74) is 4.51. The normalized spacial score (nSPS) is 9.22. The summed E-state index contributed by atoms with van der Waals surface area (Å²) in [7, 11) is 3.52. The van der Waals surface area contributed by atoms with Crippen molar-refractivity contribution in [2.75, 3.05) is 19.5 Å². The first kappa shape index (κ1) is 18.2. The number of anilines is 1. The molecular weight excluding hydrogens is 298 g/mol. The highest BCUT2D eigenvalue weighted by atomic mass is 16.5. The Morgan fingerprint density at radius 2 is 2.09 bits per heavy atom. The first-order valence-electron chi connectivity index (χ1n) is 6.80. The number of nitrogens with two attached hydrogens (primary N) is 1. The maximum atomic E-state index is 8.94. The van der Waals surface area contributed by atoms with Gasteiger partial charge >= 0.3 is 0 Å². The van der Waals surface area contributed by atoms with Crippen molar-refractivity contribution >= 4 is 12.1 Å². The van der Waals surface area contributed by atoms with E-state index >= 15 is 0 Å². The number of carbonyl (C=O) groups is 1. The van der Waals surface area contributed by atoms with E-state index < -0.39 is 0 Å². The number of ether oxygens (including phenoxy) is 2. The van der Waals surface area contributed by atoms with E-state index in [2.05, 4.69) is 21.1 Å². The fourth-order valence-corrected chi connectivity index (χ4v) is 1.81. The molecule has 23 heavy (non-hydrogen) atoms. The van der Waals surface area contributed by atoms with E-state index in [0.29, 0.717) is 18.8 Å². The molecule has 0 aliphatic carbocycles. The Kier molecular flexibility index (Phi) is 7.87. The molecule has 0 spiro atoms. The van der Waals surface area contributed by atoms with Crippen LogP contribution in [-0.4, -0.2) is 30.5 Å². The molecule has 1 heterocycles. The summed E-state index contributed by atoms with van der Waals surface area (Å²) in [6.07, 6.45) is 3.57. The Bertz CT molecular complexity index is 600. The minimum Gasteiger partial charge on any atom is -0.496 e. The number of aryl methyl sites for hydroxylation is 1. The fourth-order valence-electron chi connectivity index (χ4n) is 1.81. The van der Waals surface area contributed by atoms with E-state index in [1.54, 1.807) is 18.7 Å². The van der Waals surface area contributed by atoms with Crippen molar-refractivity contribution in [1.29, 1.82) is 0 Å². The number of nitrogens with one attached hydrogen (secondary N) is 2. The van der Waals surface area contributed by atoms with Gasteiger partial charge in [-0.25, -0.2) is 15.8 Å². The van der Waals surface area contributed by atoms with E-state index in [-0.39, 0.29) is 0 Å². The topological polar surface area (TPSA) is 111 Å². The van der Waals surface area contributed by atoms with Crippen LogP contribution in [0.5, 0.6) is 11.5 Å². The molecule has 2 rings (SSSR count). The molecule has 124 valence electrons. The summed E-state index contributed by atoms with van der Waals surface area (Å²) in [4.78, 5) is 17.0. The molecule has 1 aromatic heterocycles. The Morgan fingerprint density at radius 1 is 1.35 bits per heavy atom. The van der Waals surface area contributed by atoms with Gasteiger partial charge in [-0.1, -0.05) is 6.07 Å². The van der Waals surface area contributed by atoms with Gasteiger partial charge in [-0.2, -0.15) is 0 Å². The molecule has 4 N–H and O–H groups in total. The average molecular weight is 319 g/mol. The number of amides is 1. The molecular formula is C15H21N5O3. The zero-order chi connectivity index (χ0) is 17.1. The van der Waals surface area contributed by atoms with Crippen molar-refractivity contribution in [3.63, 3.8) is 0 Å². The van der Waals surface area contributed by atoms with Gasteiger partial charge in [0.25, 0.3) is 0 Å². The van der Waals surface area contributed by atoms with Crippen LogP contribution >= 0.6 is 0 Å². The van der Waals surface area contributed by atoms with Crippen molar-refractivity contribution in [1.82, 2.24) is 15.4 Å². The number of benzene rings is 1. The summed E-state index contributed by atoms with van der Waals surface area (Å²) < 4.78 is 11.1. The van der Waals surface area contributed by atoms with Crippen LogP contribution in [0.4, 0.5) is 5.69 Å². The van der Waals surface area contributed by atoms with Gasteiger partial charge in [-0.3, -0.25) is 10.2 Å². The number of carbonyl (C=O) groups excluding carboxylic acids is 1. The molecule has 8 nitrogen and oxygen atoms in total. The Balaban J connectivity index is 0.000000593. The van der Waals surface area contributed by atoms with Crippen LogP contribution in [0.1, 0.15) is 11.3 Å². The lowest BCUT2D eigenvalue weighted by Crippen LogP contribution is -2.18. The highest BCUT2D eigenvalue weighted by Gasteiger charge is 2.10. The van der Waals surface area contributed by atoms with Crippen LogP contribution in [0.25, 0.3) is 0 Å². The average Bonchev–Trinajstić information content (AvgIpc) is 2.60. The maximum absolute atomic E-state index is 8.94.